The zero-order valence-corrected chi connectivity index (χ0v) is 16.1. The first-order valence-electron chi connectivity index (χ1n) is 9.27. The lowest BCUT2D eigenvalue weighted by Crippen LogP contribution is -2.42. The van der Waals surface area contributed by atoms with Gasteiger partial charge in [-0.05, 0) is 38.7 Å². The highest BCUT2D eigenvalue weighted by Gasteiger charge is 2.42. The van der Waals surface area contributed by atoms with Gasteiger partial charge >= 0.3 is 12.0 Å². The molecule has 1 fully saturated rings. The normalized spacial score (nSPS) is 20.9. The van der Waals surface area contributed by atoms with E-state index in [4.69, 9.17) is 4.74 Å². The van der Waals surface area contributed by atoms with Crippen molar-refractivity contribution in [1.29, 1.82) is 0 Å². The molecule has 0 aliphatic carbocycles. The maximum Gasteiger partial charge on any atom is 0.317 e. The smallest absolute Gasteiger partial charge is 0.317 e. The fourth-order valence-electron chi connectivity index (χ4n) is 3.34. The van der Waals surface area contributed by atoms with Crippen LogP contribution in [-0.4, -0.2) is 41.7 Å². The van der Waals surface area contributed by atoms with Crippen molar-refractivity contribution in [3.8, 4) is 5.75 Å². The number of carbonyl (C=O) groups excluding carboxylic acids is 1. The maximum absolute atomic E-state index is 12.8. The van der Waals surface area contributed by atoms with E-state index in [2.05, 4.69) is 19.2 Å². The van der Waals surface area contributed by atoms with E-state index in [0.717, 1.165) is 17.7 Å². The first-order chi connectivity index (χ1) is 12.3. The molecule has 2 N–H and O–H groups in total. The summed E-state index contributed by atoms with van der Waals surface area (Å²) in [5, 5.41) is 12.5. The molecule has 1 saturated heterocycles. The molecule has 144 valence electrons. The van der Waals surface area contributed by atoms with Gasteiger partial charge in [0.05, 0.1) is 18.1 Å². The number of benzene rings is 1. The second-order valence-corrected chi connectivity index (χ2v) is 7.64. The van der Waals surface area contributed by atoms with Crippen molar-refractivity contribution >= 4 is 12.0 Å². The number of amides is 2. The molecule has 0 spiro atoms. The van der Waals surface area contributed by atoms with E-state index in [0.29, 0.717) is 25.5 Å². The summed E-state index contributed by atoms with van der Waals surface area (Å²) >= 11 is 0. The highest BCUT2D eigenvalue weighted by molar-refractivity contribution is 5.79. The van der Waals surface area contributed by atoms with E-state index in [1.807, 2.05) is 31.2 Å². The number of ether oxygens (including phenoxy) is 1. The van der Waals surface area contributed by atoms with Gasteiger partial charge in [-0.3, -0.25) is 4.79 Å². The van der Waals surface area contributed by atoms with E-state index in [-0.39, 0.29) is 18.6 Å². The van der Waals surface area contributed by atoms with E-state index >= 15 is 0 Å². The summed E-state index contributed by atoms with van der Waals surface area (Å²) < 4.78 is 5.73. The number of carboxylic acid groups (broad SMARTS) is 1. The largest absolute Gasteiger partial charge is 0.494 e. The summed E-state index contributed by atoms with van der Waals surface area (Å²) in [6.07, 6.45) is 1.25. The summed E-state index contributed by atoms with van der Waals surface area (Å²) in [6, 6.07) is 7.35. The number of aliphatic carboxylic acids is 1. The summed E-state index contributed by atoms with van der Waals surface area (Å²) in [7, 11) is 0. The van der Waals surface area contributed by atoms with Crippen LogP contribution < -0.4 is 10.1 Å². The number of carbonyl (C=O) groups is 2. The van der Waals surface area contributed by atoms with Gasteiger partial charge in [-0.1, -0.05) is 32.0 Å². The zero-order valence-electron chi connectivity index (χ0n) is 16.1. The first-order valence-corrected chi connectivity index (χ1v) is 9.27. The van der Waals surface area contributed by atoms with Crippen LogP contribution >= 0.6 is 0 Å². The molecule has 1 heterocycles. The van der Waals surface area contributed by atoms with Crippen LogP contribution in [0.3, 0.4) is 0 Å². The van der Waals surface area contributed by atoms with Gasteiger partial charge in [0.2, 0.25) is 0 Å². The number of likely N-dealkylation sites (tertiary alicyclic amines) is 1. The van der Waals surface area contributed by atoms with Gasteiger partial charge in [0.15, 0.2) is 0 Å². The number of hydrogen-bond donors (Lipinski definition) is 2. The van der Waals surface area contributed by atoms with Crippen LogP contribution in [0.4, 0.5) is 4.79 Å². The van der Waals surface area contributed by atoms with Crippen molar-refractivity contribution < 1.29 is 19.4 Å². The third-order valence-electron chi connectivity index (χ3n) is 4.88. The van der Waals surface area contributed by atoms with Crippen molar-refractivity contribution in [1.82, 2.24) is 10.2 Å². The highest BCUT2D eigenvalue weighted by atomic mass is 16.5. The van der Waals surface area contributed by atoms with Gasteiger partial charge in [-0.15, -0.1) is 0 Å². The Morgan fingerprint density at radius 1 is 1.35 bits per heavy atom. The molecule has 2 rings (SSSR count). The minimum atomic E-state index is -0.867. The first kappa shape index (κ1) is 20.1. The van der Waals surface area contributed by atoms with Crippen LogP contribution in [0, 0.1) is 11.3 Å². The fourth-order valence-corrected chi connectivity index (χ4v) is 3.34. The Balaban J connectivity index is 2.16. The van der Waals surface area contributed by atoms with Crippen molar-refractivity contribution in [2.45, 2.75) is 46.6 Å². The molecule has 2 unspecified atom stereocenters. The predicted molar refractivity (Wildman–Crippen MR) is 100 cm³/mol. The third-order valence-corrected chi connectivity index (χ3v) is 4.88. The number of urea groups is 1. The van der Waals surface area contributed by atoms with E-state index < -0.39 is 11.4 Å². The van der Waals surface area contributed by atoms with E-state index in [9.17, 15) is 14.7 Å². The molecule has 1 aromatic rings. The lowest BCUT2D eigenvalue weighted by atomic mass is 9.90. The number of para-hydroxylation sites is 1. The second-order valence-electron chi connectivity index (χ2n) is 7.64. The van der Waals surface area contributed by atoms with Gasteiger partial charge in [-0.2, -0.15) is 0 Å². The van der Waals surface area contributed by atoms with Crippen molar-refractivity contribution in [2.24, 2.45) is 11.3 Å². The van der Waals surface area contributed by atoms with Crippen LogP contribution in [0.5, 0.6) is 5.75 Å². The van der Waals surface area contributed by atoms with Crippen LogP contribution in [0.2, 0.25) is 0 Å². The molecule has 2 atom stereocenters. The summed E-state index contributed by atoms with van der Waals surface area (Å²) in [6.45, 7) is 9.09. The molecule has 1 aliphatic heterocycles. The average molecular weight is 362 g/mol. The van der Waals surface area contributed by atoms with Crippen molar-refractivity contribution in [3.05, 3.63) is 29.8 Å². The van der Waals surface area contributed by atoms with Crippen LogP contribution in [0.15, 0.2) is 24.3 Å². The standard InChI is InChI=1S/C20H30N2O4/c1-5-26-17-9-7-6-8-15(17)16(12-14(2)3)21-19(25)22-11-10-20(4,13-22)18(23)24/h6-9,14,16H,5,10-13H2,1-4H3,(H,21,25)(H,23,24). The minimum absolute atomic E-state index is 0.179. The molecule has 0 bridgehead atoms. The Morgan fingerprint density at radius 2 is 2.04 bits per heavy atom. The van der Waals surface area contributed by atoms with Crippen LogP contribution in [0.1, 0.15) is 52.1 Å². The Labute approximate surface area is 155 Å². The highest BCUT2D eigenvalue weighted by Crippen LogP contribution is 2.32. The van der Waals surface area contributed by atoms with Gasteiger partial charge in [0.1, 0.15) is 5.75 Å². The lowest BCUT2D eigenvalue weighted by Gasteiger charge is -2.27. The summed E-state index contributed by atoms with van der Waals surface area (Å²) in [4.78, 5) is 25.8. The zero-order chi connectivity index (χ0) is 19.3. The number of hydrogen-bond acceptors (Lipinski definition) is 3. The Hall–Kier alpha value is -2.24. The molecule has 1 aliphatic rings. The Morgan fingerprint density at radius 3 is 2.62 bits per heavy atom. The number of nitrogens with one attached hydrogen (secondary N) is 1. The Bertz CT molecular complexity index is 646. The maximum atomic E-state index is 12.8. The molecule has 0 saturated carbocycles. The molecular formula is C20H30N2O4. The summed E-state index contributed by atoms with van der Waals surface area (Å²) in [5.74, 6) is 0.309. The Kier molecular flexibility index (Phi) is 6.51. The quantitative estimate of drug-likeness (QED) is 0.775. The SMILES string of the molecule is CCOc1ccccc1C(CC(C)C)NC(=O)N1CCC(C)(C(=O)O)C1. The molecule has 26 heavy (non-hydrogen) atoms. The monoisotopic (exact) mass is 362 g/mol. The third kappa shape index (κ3) is 4.68. The molecule has 0 aromatic heterocycles. The average Bonchev–Trinajstić information content (AvgIpc) is 2.99. The molecule has 2 amide bonds. The topological polar surface area (TPSA) is 78.9 Å². The number of rotatable bonds is 7. The fraction of sp³-hybridized carbons (Fsp3) is 0.600. The molecular weight excluding hydrogens is 332 g/mol. The summed E-state index contributed by atoms with van der Waals surface area (Å²) in [5.41, 5.74) is 0.0882. The van der Waals surface area contributed by atoms with Crippen LogP contribution in [0.25, 0.3) is 0 Å². The van der Waals surface area contributed by atoms with Gasteiger partial charge in [-0.25, -0.2) is 4.79 Å². The van der Waals surface area contributed by atoms with E-state index in [1.54, 1.807) is 11.8 Å². The lowest BCUT2D eigenvalue weighted by molar-refractivity contribution is -0.147. The molecule has 6 heteroatoms. The van der Waals surface area contributed by atoms with Crippen molar-refractivity contribution in [3.63, 3.8) is 0 Å². The number of nitrogens with zero attached hydrogens (tertiary/aromatic N) is 1. The van der Waals surface area contributed by atoms with Crippen molar-refractivity contribution in [2.75, 3.05) is 19.7 Å². The molecule has 6 nitrogen and oxygen atoms in total. The predicted octanol–water partition coefficient (Wildman–Crippen LogP) is 3.68. The van der Waals surface area contributed by atoms with Gasteiger partial charge < -0.3 is 20.1 Å². The second kappa shape index (κ2) is 8.43. The van der Waals surface area contributed by atoms with Crippen LogP contribution in [-0.2, 0) is 4.79 Å². The van der Waals surface area contributed by atoms with E-state index in [1.165, 1.54) is 0 Å². The number of carboxylic acids is 1. The molecule has 0 radical (unpaired) electrons. The minimum Gasteiger partial charge on any atom is -0.494 e. The molecule has 1 aromatic carbocycles. The van der Waals surface area contributed by atoms with Gasteiger partial charge in [0.25, 0.3) is 0 Å². The van der Waals surface area contributed by atoms with Gasteiger partial charge in [0, 0.05) is 18.7 Å².